The van der Waals surface area contributed by atoms with Crippen LogP contribution in [0.1, 0.15) is 180 Å². The van der Waals surface area contributed by atoms with E-state index in [2.05, 4.69) is 80.2 Å². The Hall–Kier alpha value is -10.1. The third kappa shape index (κ3) is 78.4. The Morgan fingerprint density at radius 2 is 0.297 bits per heavy atom. The van der Waals surface area contributed by atoms with Crippen molar-refractivity contribution in [3.05, 3.63) is 83.5 Å². The molecule has 48 heteroatoms. The van der Waals surface area contributed by atoms with E-state index in [0.29, 0.717) is 155 Å². The van der Waals surface area contributed by atoms with E-state index in [1.165, 1.54) is 0 Å². The van der Waals surface area contributed by atoms with Crippen molar-refractivity contribution in [2.75, 3.05) is 211 Å². The van der Waals surface area contributed by atoms with Crippen LogP contribution in [0.15, 0.2) is 40.9 Å². The van der Waals surface area contributed by atoms with Crippen molar-refractivity contribution in [3.63, 3.8) is 0 Å². The van der Waals surface area contributed by atoms with E-state index < -0.39 is 34.7 Å². The van der Waals surface area contributed by atoms with Crippen molar-refractivity contribution < 1.29 is 114 Å². The van der Waals surface area contributed by atoms with Gasteiger partial charge in [0.1, 0.15) is 52.9 Å². The SMILES string of the molecule is [N-]=[N+]=NCCCCC(=O)OCCOCC(COCCOC(=O)CCCCN=[N+]=[N-])(COCCOC(=O)CCCCN=[N+]=[N-])COCCOC(=O)CCCCN=[N+]=[N-].[N-]=[N+]=NCCCCCC(=O)OCCOCC(COCCOC(=O)CCCCCN=[N+]=[N-])(COCCOC(=O)CCCCCN=[N+]=[N-])COCCOC(=O)CCCCCN=[N+]=[N-]. The van der Waals surface area contributed by atoms with Gasteiger partial charge in [0.05, 0.1) is 117 Å². The fourth-order valence-electron chi connectivity index (χ4n) is 9.78. The van der Waals surface area contributed by atoms with Crippen LogP contribution >= 0.6 is 0 Å². The summed E-state index contributed by atoms with van der Waals surface area (Å²) in [5.41, 5.74) is 65.0. The number of unbranched alkanes of at least 4 members (excludes halogenated alkanes) is 12. The number of carbonyl (C=O) groups excluding carboxylic acids is 8. The van der Waals surface area contributed by atoms with Gasteiger partial charge in [0.25, 0.3) is 0 Å². The third-order valence-corrected chi connectivity index (χ3v) is 15.8. The van der Waals surface area contributed by atoms with Gasteiger partial charge in [-0.3, -0.25) is 38.4 Å². The second-order valence-electron chi connectivity index (χ2n) is 25.9. The standard InChI is InChI=1S/C37H64N12O12.C33H56N12O12/c38-46-42-17-9-1-5-13-33(50)58-25-21-54-29-37(30-55-22-26-59-34(51)14-6-2-10-18-43-47-39,31-56-23-27-60-35(52)15-7-3-11-19-44-48-40)32-57-24-28-61-36(53)16-8-4-12-20-45-49-41;34-42-38-13-5-1-9-29(46)54-21-17-50-25-33(26-51-18-22-55-30(47)10-2-6-14-39-43-35,27-52-19-23-56-31(48)11-3-7-15-40-44-36)28-53-20-24-57-32(49)12-4-8-16-41-45-37/h1-32H2;1-28H2. The molecule has 664 valence electrons. The quantitative estimate of drug-likeness (QED) is 0.0136. The first kappa shape index (κ1) is 110. The second-order valence-corrected chi connectivity index (χ2v) is 25.9. The monoisotopic (exact) mass is 1680 g/mol. The predicted molar refractivity (Wildman–Crippen MR) is 420 cm³/mol. The van der Waals surface area contributed by atoms with Crippen molar-refractivity contribution in [1.29, 1.82) is 0 Å². The van der Waals surface area contributed by atoms with E-state index in [1.54, 1.807) is 0 Å². The van der Waals surface area contributed by atoms with Gasteiger partial charge in [-0.1, -0.05) is 66.6 Å². The van der Waals surface area contributed by atoms with Gasteiger partial charge in [0.15, 0.2) is 0 Å². The van der Waals surface area contributed by atoms with Gasteiger partial charge in [0, 0.05) is 143 Å². The topological polar surface area (TPSA) is 674 Å². The molecule has 0 fully saturated rings. The zero-order valence-corrected chi connectivity index (χ0v) is 68.0. The first-order valence-electron chi connectivity index (χ1n) is 39.6. The number of esters is 8. The summed E-state index contributed by atoms with van der Waals surface area (Å²) >= 11 is 0. The first-order valence-corrected chi connectivity index (χ1v) is 39.6. The molecule has 0 heterocycles. The predicted octanol–water partition coefficient (Wildman–Crippen LogP) is 13.8. The van der Waals surface area contributed by atoms with Gasteiger partial charge in [0.2, 0.25) is 0 Å². The second kappa shape index (κ2) is 86.3. The maximum Gasteiger partial charge on any atom is 0.305 e. The smallest absolute Gasteiger partial charge is 0.305 e. The molecule has 0 saturated heterocycles. The largest absolute Gasteiger partial charge is 0.463 e. The summed E-state index contributed by atoms with van der Waals surface area (Å²) in [5.74, 6) is -3.27. The zero-order valence-electron chi connectivity index (χ0n) is 68.0. The molecular weight excluding hydrogens is 1560 g/mol. The third-order valence-electron chi connectivity index (χ3n) is 15.8. The molecular formula is C70H120N24O24. The minimum atomic E-state index is -0.979. The molecule has 0 bridgehead atoms. The highest BCUT2D eigenvalue weighted by Gasteiger charge is 2.34. The van der Waals surface area contributed by atoms with Crippen molar-refractivity contribution in [2.24, 2.45) is 51.7 Å². The highest BCUT2D eigenvalue weighted by molar-refractivity contribution is 5.71. The Balaban J connectivity index is 0. The summed E-state index contributed by atoms with van der Waals surface area (Å²) in [5, 5.41) is 27.6. The lowest BCUT2D eigenvalue weighted by molar-refractivity contribution is -0.154. The Morgan fingerprint density at radius 3 is 0.424 bits per heavy atom. The molecule has 0 aliphatic heterocycles. The lowest BCUT2D eigenvalue weighted by atomic mass is 9.92. The van der Waals surface area contributed by atoms with Crippen LogP contribution in [0.2, 0.25) is 0 Å². The first-order chi connectivity index (χ1) is 57.6. The van der Waals surface area contributed by atoms with Crippen LogP contribution in [0.4, 0.5) is 0 Å². The van der Waals surface area contributed by atoms with Gasteiger partial charge in [-0.15, -0.1) is 0 Å². The fourth-order valence-corrected chi connectivity index (χ4v) is 9.78. The Kier molecular flexibility index (Phi) is 80.4. The molecule has 0 aliphatic carbocycles. The summed E-state index contributed by atoms with van der Waals surface area (Å²) in [6.07, 6.45) is 13.6. The van der Waals surface area contributed by atoms with Crippen LogP contribution in [-0.4, -0.2) is 259 Å². The lowest BCUT2D eigenvalue weighted by Crippen LogP contribution is -2.43. The average molecular weight is 1680 g/mol. The summed E-state index contributed by atoms with van der Waals surface area (Å²) in [6.45, 7) is 2.77. The Morgan fingerprint density at radius 1 is 0.178 bits per heavy atom. The molecule has 0 N–H and O–H groups in total. The number of nitrogens with zero attached hydrogens (tertiary/aromatic N) is 24. The molecule has 0 aromatic rings. The average Bonchev–Trinajstić information content (AvgIpc) is 0.873. The minimum Gasteiger partial charge on any atom is -0.463 e. The van der Waals surface area contributed by atoms with Crippen molar-refractivity contribution in [3.8, 4) is 0 Å². The number of azide groups is 8. The van der Waals surface area contributed by atoms with Gasteiger partial charge >= 0.3 is 47.8 Å². The van der Waals surface area contributed by atoms with E-state index in [-0.39, 0.29) is 260 Å². The van der Waals surface area contributed by atoms with Crippen LogP contribution < -0.4 is 0 Å². The Labute approximate surface area is 685 Å². The molecule has 0 aromatic carbocycles. The zero-order chi connectivity index (χ0) is 86.7. The minimum absolute atomic E-state index is 0.00237. The maximum atomic E-state index is 12.2. The molecule has 0 aliphatic rings. The lowest BCUT2D eigenvalue weighted by Gasteiger charge is -2.33. The van der Waals surface area contributed by atoms with Crippen LogP contribution in [0.25, 0.3) is 83.5 Å². The number of ether oxygens (including phenoxy) is 16. The molecule has 0 saturated carbocycles. The van der Waals surface area contributed by atoms with E-state index in [0.717, 1.165) is 0 Å². The number of carbonyl (C=O) groups is 8. The van der Waals surface area contributed by atoms with Gasteiger partial charge < -0.3 is 75.8 Å². The van der Waals surface area contributed by atoms with Crippen LogP contribution in [0, 0.1) is 10.8 Å². The number of hydrogen-bond donors (Lipinski definition) is 0. The molecule has 0 spiro atoms. The van der Waals surface area contributed by atoms with Gasteiger partial charge in [-0.05, 0) is 147 Å². The molecule has 0 amide bonds. The van der Waals surface area contributed by atoms with Crippen molar-refractivity contribution in [1.82, 2.24) is 0 Å². The molecule has 0 atom stereocenters. The molecule has 118 heavy (non-hydrogen) atoms. The van der Waals surface area contributed by atoms with E-state index in [4.69, 9.17) is 120 Å². The molecule has 48 nitrogen and oxygen atoms in total. The molecule has 0 unspecified atom stereocenters. The molecule has 0 radical (unpaired) electrons. The highest BCUT2D eigenvalue weighted by atomic mass is 16.6. The highest BCUT2D eigenvalue weighted by Crippen LogP contribution is 2.23. The Bertz CT molecular complexity index is 2700. The van der Waals surface area contributed by atoms with Crippen molar-refractivity contribution in [2.45, 2.75) is 180 Å². The van der Waals surface area contributed by atoms with Crippen molar-refractivity contribution >= 4 is 47.8 Å². The van der Waals surface area contributed by atoms with E-state index in [1.807, 2.05) is 0 Å². The molecule has 0 rings (SSSR count). The van der Waals surface area contributed by atoms with Crippen LogP contribution in [0.5, 0.6) is 0 Å². The summed E-state index contributed by atoms with van der Waals surface area (Å²) in [7, 11) is 0. The van der Waals surface area contributed by atoms with E-state index >= 15 is 0 Å². The number of hydrogen-bond acceptors (Lipinski definition) is 32. The van der Waals surface area contributed by atoms with E-state index in [9.17, 15) is 38.4 Å². The van der Waals surface area contributed by atoms with Gasteiger partial charge in [-0.25, -0.2) is 0 Å². The van der Waals surface area contributed by atoms with Crippen LogP contribution in [0.3, 0.4) is 0 Å². The normalized spacial score (nSPS) is 11.4. The van der Waals surface area contributed by atoms with Crippen LogP contribution in [-0.2, 0) is 114 Å². The maximum absolute atomic E-state index is 12.2. The summed E-state index contributed by atoms with van der Waals surface area (Å²) in [4.78, 5) is 119. The van der Waals surface area contributed by atoms with Gasteiger partial charge in [-0.2, -0.15) is 0 Å². The fraction of sp³-hybridized carbons (Fsp3) is 0.886. The summed E-state index contributed by atoms with van der Waals surface area (Å²) < 4.78 is 89.5. The number of rotatable bonds is 84. The molecule has 0 aromatic heterocycles. The summed E-state index contributed by atoms with van der Waals surface area (Å²) in [6, 6.07) is 0.